The summed E-state index contributed by atoms with van der Waals surface area (Å²) in [4.78, 5) is 11.7. The lowest BCUT2D eigenvalue weighted by Crippen LogP contribution is -2.41. The number of halogens is 2. The third-order valence-corrected chi connectivity index (χ3v) is 5.10. The Labute approximate surface area is 141 Å². The topological polar surface area (TPSA) is 101 Å². The molecule has 0 unspecified atom stereocenters. The number of hydrogen-bond acceptors (Lipinski definition) is 4. The maximum atomic E-state index is 13.2. The molecule has 1 aliphatic carbocycles. The molecular formula is C14H21ClFN3O3S. The van der Waals surface area contributed by atoms with Crippen LogP contribution in [0.25, 0.3) is 0 Å². The molecule has 0 heterocycles. The summed E-state index contributed by atoms with van der Waals surface area (Å²) in [5, 5.41) is 2.75. The predicted octanol–water partition coefficient (Wildman–Crippen LogP) is 0.830. The van der Waals surface area contributed by atoms with Crippen LogP contribution in [-0.4, -0.2) is 33.0 Å². The third-order valence-electron chi connectivity index (χ3n) is 3.70. The summed E-state index contributed by atoms with van der Waals surface area (Å²) in [7, 11) is -3.84. The van der Waals surface area contributed by atoms with E-state index in [1.807, 2.05) is 0 Å². The van der Waals surface area contributed by atoms with Crippen molar-refractivity contribution in [1.29, 1.82) is 0 Å². The Balaban J connectivity index is 0.00000264. The Kier molecular flexibility index (Phi) is 6.94. The van der Waals surface area contributed by atoms with Crippen molar-refractivity contribution in [3.05, 3.63) is 29.6 Å². The number of hydrogen-bond donors (Lipinski definition) is 3. The molecule has 0 spiro atoms. The Morgan fingerprint density at radius 2 is 2.09 bits per heavy atom. The van der Waals surface area contributed by atoms with Gasteiger partial charge in [-0.2, -0.15) is 0 Å². The molecule has 6 nitrogen and oxygen atoms in total. The first-order valence-corrected chi connectivity index (χ1v) is 8.57. The van der Waals surface area contributed by atoms with Gasteiger partial charge in [0.1, 0.15) is 5.82 Å². The van der Waals surface area contributed by atoms with E-state index in [1.165, 1.54) is 19.1 Å². The second-order valence-corrected chi connectivity index (χ2v) is 7.34. The summed E-state index contributed by atoms with van der Waals surface area (Å²) < 4.78 is 39.5. The number of rotatable bonds is 5. The molecule has 4 N–H and O–H groups in total. The number of carbonyl (C=O) groups is 1. The van der Waals surface area contributed by atoms with Crippen molar-refractivity contribution in [2.75, 3.05) is 6.54 Å². The van der Waals surface area contributed by atoms with Crippen LogP contribution < -0.4 is 15.8 Å². The van der Waals surface area contributed by atoms with Gasteiger partial charge >= 0.3 is 0 Å². The highest BCUT2D eigenvalue weighted by molar-refractivity contribution is 7.89. The van der Waals surface area contributed by atoms with Crippen LogP contribution in [0.15, 0.2) is 23.1 Å². The van der Waals surface area contributed by atoms with Crippen LogP contribution in [0, 0.1) is 12.7 Å². The minimum absolute atomic E-state index is 0. The summed E-state index contributed by atoms with van der Waals surface area (Å²) in [5.41, 5.74) is 5.98. The largest absolute Gasteiger partial charge is 0.352 e. The zero-order chi connectivity index (χ0) is 16.3. The lowest BCUT2D eigenvalue weighted by atomic mass is 10.2. The summed E-state index contributed by atoms with van der Waals surface area (Å²) in [6.45, 7) is 1.12. The highest BCUT2D eigenvalue weighted by atomic mass is 35.5. The molecule has 1 aromatic carbocycles. The van der Waals surface area contributed by atoms with E-state index in [-0.39, 0.29) is 41.5 Å². The first-order valence-electron chi connectivity index (χ1n) is 7.08. The van der Waals surface area contributed by atoms with Gasteiger partial charge in [-0.1, -0.05) is 0 Å². The molecular weight excluding hydrogens is 345 g/mol. The van der Waals surface area contributed by atoms with Crippen molar-refractivity contribution in [3.63, 3.8) is 0 Å². The lowest BCUT2D eigenvalue weighted by molar-refractivity contribution is -0.120. The van der Waals surface area contributed by atoms with E-state index >= 15 is 0 Å². The van der Waals surface area contributed by atoms with E-state index in [0.717, 1.165) is 18.9 Å². The van der Waals surface area contributed by atoms with Gasteiger partial charge in [0, 0.05) is 12.1 Å². The number of benzene rings is 1. The van der Waals surface area contributed by atoms with Crippen LogP contribution in [0.1, 0.15) is 24.8 Å². The standard InChI is InChI=1S/C14H20FN3O3S.ClH/c1-9-6-12(4-5-13(9)15)22(20,21)17-8-14(19)18-11-3-2-10(16)7-11;/h4-6,10-11,17H,2-3,7-8,16H2,1H3,(H,18,19);1H/t10-,11-;/m1./s1. The molecule has 0 aliphatic heterocycles. The van der Waals surface area contributed by atoms with Crippen molar-refractivity contribution in [1.82, 2.24) is 10.0 Å². The van der Waals surface area contributed by atoms with Gasteiger partial charge in [0.05, 0.1) is 11.4 Å². The normalized spacial score (nSPS) is 20.8. The summed E-state index contributed by atoms with van der Waals surface area (Å²) >= 11 is 0. The summed E-state index contributed by atoms with van der Waals surface area (Å²) in [5.74, 6) is -0.879. The van der Waals surface area contributed by atoms with Crippen molar-refractivity contribution < 1.29 is 17.6 Å². The number of nitrogens with one attached hydrogen (secondary N) is 2. The number of aryl methyl sites for hydroxylation is 1. The molecule has 1 aromatic rings. The van der Waals surface area contributed by atoms with E-state index in [2.05, 4.69) is 10.0 Å². The van der Waals surface area contributed by atoms with Crippen molar-refractivity contribution >= 4 is 28.3 Å². The van der Waals surface area contributed by atoms with E-state index in [1.54, 1.807) is 0 Å². The highest BCUT2D eigenvalue weighted by Gasteiger charge is 2.24. The second-order valence-electron chi connectivity index (χ2n) is 5.57. The van der Waals surface area contributed by atoms with E-state index in [0.29, 0.717) is 6.42 Å². The smallest absolute Gasteiger partial charge is 0.241 e. The number of sulfonamides is 1. The molecule has 0 saturated heterocycles. The summed E-state index contributed by atoms with van der Waals surface area (Å²) in [6, 6.07) is 3.57. The van der Waals surface area contributed by atoms with Crippen molar-refractivity contribution in [2.45, 2.75) is 43.2 Å². The lowest BCUT2D eigenvalue weighted by Gasteiger charge is -2.13. The molecule has 2 rings (SSSR count). The van der Waals surface area contributed by atoms with Gasteiger partial charge in [-0.25, -0.2) is 17.5 Å². The second kappa shape index (κ2) is 8.05. The van der Waals surface area contributed by atoms with E-state index in [4.69, 9.17) is 5.73 Å². The first-order chi connectivity index (χ1) is 10.3. The number of amides is 1. The van der Waals surface area contributed by atoms with Gasteiger partial charge in [-0.3, -0.25) is 4.79 Å². The molecule has 0 bridgehead atoms. The zero-order valence-electron chi connectivity index (χ0n) is 12.7. The molecule has 130 valence electrons. The molecule has 0 radical (unpaired) electrons. The molecule has 1 fully saturated rings. The van der Waals surface area contributed by atoms with Gasteiger partial charge in [-0.05, 0) is 49.9 Å². The van der Waals surface area contributed by atoms with Crippen LogP contribution in [0.3, 0.4) is 0 Å². The quantitative estimate of drug-likeness (QED) is 0.719. The Morgan fingerprint density at radius 1 is 1.39 bits per heavy atom. The van der Waals surface area contributed by atoms with Crippen LogP contribution >= 0.6 is 12.4 Å². The molecule has 1 amide bonds. The fraction of sp³-hybridized carbons (Fsp3) is 0.500. The van der Waals surface area contributed by atoms with E-state index in [9.17, 15) is 17.6 Å². The zero-order valence-corrected chi connectivity index (χ0v) is 14.3. The fourth-order valence-electron chi connectivity index (χ4n) is 2.45. The first kappa shape index (κ1) is 19.8. The molecule has 23 heavy (non-hydrogen) atoms. The Hall–Kier alpha value is -1.22. The third kappa shape index (κ3) is 5.42. The molecule has 1 saturated carbocycles. The van der Waals surface area contributed by atoms with Gasteiger partial charge in [0.2, 0.25) is 15.9 Å². The van der Waals surface area contributed by atoms with Crippen molar-refractivity contribution in [3.8, 4) is 0 Å². The maximum absolute atomic E-state index is 13.2. The van der Waals surface area contributed by atoms with Crippen molar-refractivity contribution in [2.24, 2.45) is 5.73 Å². The Bertz CT molecular complexity index is 669. The number of nitrogens with two attached hydrogens (primary N) is 1. The van der Waals surface area contributed by atoms with Crippen LogP contribution in [0.4, 0.5) is 4.39 Å². The van der Waals surface area contributed by atoms with Gasteiger partial charge in [0.25, 0.3) is 0 Å². The molecule has 1 aliphatic rings. The summed E-state index contributed by atoms with van der Waals surface area (Å²) in [6.07, 6.45) is 2.36. The molecule has 2 atom stereocenters. The Morgan fingerprint density at radius 3 is 2.65 bits per heavy atom. The fourth-order valence-corrected chi connectivity index (χ4v) is 3.52. The SMILES string of the molecule is Cc1cc(S(=O)(=O)NCC(=O)N[C@@H]2CC[C@@H](N)C2)ccc1F.Cl. The maximum Gasteiger partial charge on any atom is 0.241 e. The predicted molar refractivity (Wildman–Crippen MR) is 87.3 cm³/mol. The van der Waals surface area contributed by atoms with Crippen LogP contribution in [0.2, 0.25) is 0 Å². The minimum Gasteiger partial charge on any atom is -0.352 e. The average Bonchev–Trinajstić information content (AvgIpc) is 2.85. The molecule has 0 aromatic heterocycles. The van der Waals surface area contributed by atoms with Gasteiger partial charge in [0.15, 0.2) is 0 Å². The average molecular weight is 366 g/mol. The highest BCUT2D eigenvalue weighted by Crippen LogP contribution is 2.17. The number of carbonyl (C=O) groups excluding carboxylic acids is 1. The van der Waals surface area contributed by atoms with Crippen LogP contribution in [0.5, 0.6) is 0 Å². The minimum atomic E-state index is -3.84. The van der Waals surface area contributed by atoms with Gasteiger partial charge < -0.3 is 11.1 Å². The molecule has 9 heteroatoms. The van der Waals surface area contributed by atoms with Gasteiger partial charge in [-0.15, -0.1) is 12.4 Å². The van der Waals surface area contributed by atoms with Crippen LogP contribution in [-0.2, 0) is 14.8 Å². The van der Waals surface area contributed by atoms with E-state index < -0.39 is 21.7 Å². The monoisotopic (exact) mass is 365 g/mol.